The van der Waals surface area contributed by atoms with E-state index in [9.17, 15) is 9.59 Å². The Morgan fingerprint density at radius 3 is 2.09 bits per heavy atom. The smallest absolute Gasteiger partial charge is 0.222 e. The zero-order valence-corrected chi connectivity index (χ0v) is 20.6. The second kappa shape index (κ2) is 17.1. The van der Waals surface area contributed by atoms with Gasteiger partial charge in [0.15, 0.2) is 0 Å². The van der Waals surface area contributed by atoms with E-state index in [-0.39, 0.29) is 5.91 Å². The maximum absolute atomic E-state index is 12.3. The molecule has 2 aromatic carbocycles. The van der Waals surface area contributed by atoms with Crippen LogP contribution < -0.4 is 5.73 Å². The number of hydrogen-bond acceptors (Lipinski definition) is 3. The molecule has 1 aliphatic heterocycles. The number of piperidine rings is 1. The molecular weight excluding hydrogens is 422 g/mol. The summed E-state index contributed by atoms with van der Waals surface area (Å²) in [5.41, 5.74) is 7.78. The summed E-state index contributed by atoms with van der Waals surface area (Å²) in [6, 6.07) is 20.9. The second-order valence-corrected chi connectivity index (χ2v) is 8.14. The lowest BCUT2D eigenvalue weighted by Gasteiger charge is -2.32. The highest BCUT2D eigenvalue weighted by molar-refractivity contribution is 5.92. The number of benzene rings is 2. The number of aryl methyl sites for hydroxylation is 1. The summed E-state index contributed by atoms with van der Waals surface area (Å²) in [5, 5.41) is 7.11. The van der Waals surface area contributed by atoms with Crippen LogP contribution in [0.3, 0.4) is 0 Å². The molecule has 5 nitrogen and oxygen atoms in total. The SMILES string of the molecule is C=C/C=C\C(=N)CC.CC(N)=O.O=C(CCc1ccccc1)N1CCC(c2ccccc2)CC1. The Kier molecular flexibility index (Phi) is 14.3. The molecule has 5 heteroatoms. The van der Waals surface area contributed by atoms with Gasteiger partial charge in [0.1, 0.15) is 0 Å². The van der Waals surface area contributed by atoms with E-state index in [0.29, 0.717) is 24.0 Å². The highest BCUT2D eigenvalue weighted by Gasteiger charge is 2.23. The van der Waals surface area contributed by atoms with Crippen LogP contribution >= 0.6 is 0 Å². The van der Waals surface area contributed by atoms with Crippen molar-refractivity contribution < 1.29 is 9.59 Å². The summed E-state index contributed by atoms with van der Waals surface area (Å²) in [5.74, 6) is 0.578. The summed E-state index contributed by atoms with van der Waals surface area (Å²) in [6.45, 7) is 8.54. The monoisotopic (exact) mass is 461 g/mol. The number of carbonyl (C=O) groups is 2. The van der Waals surface area contributed by atoms with Crippen molar-refractivity contribution >= 4 is 17.5 Å². The maximum Gasteiger partial charge on any atom is 0.222 e. The molecular formula is C29H39N3O2. The first-order chi connectivity index (χ1) is 16.4. The van der Waals surface area contributed by atoms with Gasteiger partial charge in [-0.3, -0.25) is 9.59 Å². The van der Waals surface area contributed by atoms with E-state index in [1.54, 1.807) is 18.2 Å². The van der Waals surface area contributed by atoms with E-state index in [2.05, 4.69) is 54.8 Å². The summed E-state index contributed by atoms with van der Waals surface area (Å²) >= 11 is 0. The molecule has 182 valence electrons. The van der Waals surface area contributed by atoms with Gasteiger partial charge in [-0.2, -0.15) is 0 Å². The number of amides is 2. The van der Waals surface area contributed by atoms with Gasteiger partial charge in [0, 0.05) is 32.1 Å². The molecule has 2 amide bonds. The largest absolute Gasteiger partial charge is 0.370 e. The van der Waals surface area contributed by atoms with Crippen LogP contribution in [0.1, 0.15) is 56.6 Å². The summed E-state index contributed by atoms with van der Waals surface area (Å²) in [7, 11) is 0. The number of carbonyl (C=O) groups excluding carboxylic acids is 2. The average Bonchev–Trinajstić information content (AvgIpc) is 2.87. The first-order valence-electron chi connectivity index (χ1n) is 11.9. The fraction of sp³-hybridized carbons (Fsp3) is 0.345. The lowest BCUT2D eigenvalue weighted by Crippen LogP contribution is -2.38. The topological polar surface area (TPSA) is 87.2 Å². The molecule has 3 rings (SSSR count). The molecule has 1 fully saturated rings. The van der Waals surface area contributed by atoms with Gasteiger partial charge in [-0.25, -0.2) is 0 Å². The Morgan fingerprint density at radius 1 is 1.06 bits per heavy atom. The van der Waals surface area contributed by atoms with E-state index < -0.39 is 0 Å². The fourth-order valence-corrected chi connectivity index (χ4v) is 3.54. The zero-order valence-electron chi connectivity index (χ0n) is 20.6. The van der Waals surface area contributed by atoms with E-state index >= 15 is 0 Å². The Balaban J connectivity index is 0.000000403. The number of nitrogens with two attached hydrogens (primary N) is 1. The molecule has 2 aromatic rings. The van der Waals surface area contributed by atoms with Gasteiger partial charge in [-0.05, 0) is 48.8 Å². The van der Waals surface area contributed by atoms with Crippen molar-refractivity contribution in [2.45, 2.75) is 51.9 Å². The van der Waals surface area contributed by atoms with Crippen LogP contribution in [0.2, 0.25) is 0 Å². The van der Waals surface area contributed by atoms with Gasteiger partial charge < -0.3 is 16.0 Å². The minimum absolute atomic E-state index is 0.301. The van der Waals surface area contributed by atoms with Crippen molar-refractivity contribution in [3.05, 3.63) is 96.6 Å². The number of allylic oxidation sites excluding steroid dienone is 3. The number of hydrogen-bond donors (Lipinski definition) is 2. The minimum Gasteiger partial charge on any atom is -0.370 e. The quantitative estimate of drug-likeness (QED) is 0.411. The van der Waals surface area contributed by atoms with Gasteiger partial charge in [-0.15, -0.1) is 0 Å². The Hall–Kier alpha value is -3.47. The van der Waals surface area contributed by atoms with Crippen molar-refractivity contribution in [3.63, 3.8) is 0 Å². The predicted octanol–water partition coefficient (Wildman–Crippen LogP) is 5.68. The number of nitrogens with one attached hydrogen (secondary N) is 1. The number of nitrogens with zero attached hydrogens (tertiary/aromatic N) is 1. The average molecular weight is 462 g/mol. The molecule has 0 aliphatic carbocycles. The van der Waals surface area contributed by atoms with E-state index in [0.717, 1.165) is 38.8 Å². The molecule has 0 unspecified atom stereocenters. The third-order valence-corrected chi connectivity index (χ3v) is 5.40. The summed E-state index contributed by atoms with van der Waals surface area (Å²) in [4.78, 5) is 23.6. The number of primary amides is 1. The number of likely N-dealkylation sites (tertiary alicyclic amines) is 1. The minimum atomic E-state index is -0.333. The summed E-state index contributed by atoms with van der Waals surface area (Å²) < 4.78 is 0. The van der Waals surface area contributed by atoms with Crippen molar-refractivity contribution in [2.24, 2.45) is 5.73 Å². The van der Waals surface area contributed by atoms with Crippen LogP contribution in [0.5, 0.6) is 0 Å². The lowest BCUT2D eigenvalue weighted by molar-refractivity contribution is -0.132. The Morgan fingerprint density at radius 2 is 1.59 bits per heavy atom. The van der Waals surface area contributed by atoms with Crippen LogP contribution in [0.4, 0.5) is 0 Å². The predicted molar refractivity (Wildman–Crippen MR) is 142 cm³/mol. The van der Waals surface area contributed by atoms with Gasteiger partial charge in [0.2, 0.25) is 11.8 Å². The molecule has 0 atom stereocenters. The van der Waals surface area contributed by atoms with Crippen LogP contribution in [0.15, 0.2) is 85.5 Å². The van der Waals surface area contributed by atoms with Crippen molar-refractivity contribution in [1.82, 2.24) is 4.90 Å². The Labute approximate surface area is 204 Å². The van der Waals surface area contributed by atoms with E-state index in [4.69, 9.17) is 5.41 Å². The standard InChI is InChI=1S/C20H23NO.C7H11N.C2H5NO/c22-20(12-11-17-7-3-1-4-8-17)21-15-13-19(14-16-21)18-9-5-2-6-10-18;1-3-5-6-7(8)4-2;1-2(3)4/h1-10,19H,11-16H2;3,5-6,8H,1,4H2,2H3;1H3,(H2,3,4)/b;6-5-,8-7?;. The van der Waals surface area contributed by atoms with Crippen molar-refractivity contribution in [1.29, 1.82) is 5.41 Å². The molecule has 34 heavy (non-hydrogen) atoms. The molecule has 1 aliphatic rings. The second-order valence-electron chi connectivity index (χ2n) is 8.14. The van der Waals surface area contributed by atoms with Gasteiger partial charge in [0.05, 0.1) is 0 Å². The van der Waals surface area contributed by atoms with Crippen LogP contribution in [-0.4, -0.2) is 35.5 Å². The zero-order chi connectivity index (χ0) is 25.2. The van der Waals surface area contributed by atoms with E-state index in [1.807, 2.05) is 30.0 Å². The van der Waals surface area contributed by atoms with Gasteiger partial charge >= 0.3 is 0 Å². The summed E-state index contributed by atoms with van der Waals surface area (Å²) in [6.07, 6.45) is 9.62. The van der Waals surface area contributed by atoms with Crippen molar-refractivity contribution in [3.8, 4) is 0 Å². The molecule has 1 saturated heterocycles. The molecule has 0 saturated carbocycles. The van der Waals surface area contributed by atoms with Crippen LogP contribution in [-0.2, 0) is 16.0 Å². The third kappa shape index (κ3) is 12.5. The first kappa shape index (κ1) is 28.6. The molecule has 0 aromatic heterocycles. The first-order valence-corrected chi connectivity index (χ1v) is 11.9. The molecule has 0 radical (unpaired) electrons. The molecule has 1 heterocycles. The van der Waals surface area contributed by atoms with Gasteiger partial charge in [0.25, 0.3) is 0 Å². The van der Waals surface area contributed by atoms with Gasteiger partial charge in [-0.1, -0.05) is 86.3 Å². The highest BCUT2D eigenvalue weighted by atomic mass is 16.2. The molecule has 0 spiro atoms. The normalized spacial score (nSPS) is 13.2. The molecule has 0 bridgehead atoms. The highest BCUT2D eigenvalue weighted by Crippen LogP contribution is 2.28. The fourth-order valence-electron chi connectivity index (χ4n) is 3.54. The lowest BCUT2D eigenvalue weighted by atomic mass is 9.89. The number of rotatable bonds is 7. The van der Waals surface area contributed by atoms with Crippen LogP contribution in [0, 0.1) is 5.41 Å². The molecule has 3 N–H and O–H groups in total. The maximum atomic E-state index is 12.3. The third-order valence-electron chi connectivity index (χ3n) is 5.40. The van der Waals surface area contributed by atoms with Crippen molar-refractivity contribution in [2.75, 3.05) is 13.1 Å². The Bertz CT molecular complexity index is 895. The van der Waals surface area contributed by atoms with Crippen LogP contribution in [0.25, 0.3) is 0 Å². The van der Waals surface area contributed by atoms with E-state index in [1.165, 1.54) is 18.1 Å².